The first kappa shape index (κ1) is 19.5. The van der Waals surface area contributed by atoms with E-state index in [4.69, 9.17) is 0 Å². The zero-order chi connectivity index (χ0) is 20.8. The summed E-state index contributed by atoms with van der Waals surface area (Å²) in [6.07, 6.45) is 1.60. The SMILES string of the molecule is CC(C)(C)c1ccc([C@H]2C(C(=O)c3cccs3)=C(O)C(=O)N2c2nccs2)cc1. The van der Waals surface area contributed by atoms with Crippen molar-refractivity contribution >= 4 is 39.5 Å². The van der Waals surface area contributed by atoms with Gasteiger partial charge in [0.05, 0.1) is 16.5 Å². The van der Waals surface area contributed by atoms with Crippen LogP contribution in [0.1, 0.15) is 47.6 Å². The van der Waals surface area contributed by atoms with Crippen LogP contribution in [-0.2, 0) is 10.2 Å². The number of nitrogens with zero attached hydrogens (tertiary/aromatic N) is 2. The molecule has 0 fully saturated rings. The number of ketones is 1. The molecule has 1 atom stereocenters. The number of hydrogen-bond acceptors (Lipinski definition) is 6. The van der Waals surface area contributed by atoms with Crippen LogP contribution in [0.4, 0.5) is 5.13 Å². The monoisotopic (exact) mass is 424 g/mol. The lowest BCUT2D eigenvalue weighted by Crippen LogP contribution is -2.31. The van der Waals surface area contributed by atoms with Crippen LogP contribution in [0.2, 0.25) is 0 Å². The molecule has 0 spiro atoms. The van der Waals surface area contributed by atoms with E-state index in [1.54, 1.807) is 29.1 Å². The Balaban J connectivity index is 1.84. The average molecular weight is 425 g/mol. The van der Waals surface area contributed by atoms with E-state index in [0.717, 1.165) is 11.1 Å². The molecule has 1 aromatic carbocycles. The van der Waals surface area contributed by atoms with Crippen LogP contribution >= 0.6 is 22.7 Å². The Labute approximate surface area is 177 Å². The van der Waals surface area contributed by atoms with E-state index in [2.05, 4.69) is 25.8 Å². The van der Waals surface area contributed by atoms with Gasteiger partial charge in [-0.1, -0.05) is 51.1 Å². The first-order valence-electron chi connectivity index (χ1n) is 9.14. The van der Waals surface area contributed by atoms with E-state index >= 15 is 0 Å². The maximum Gasteiger partial charge on any atom is 0.296 e. The Kier molecular flexibility index (Phi) is 4.88. The molecule has 1 amide bonds. The van der Waals surface area contributed by atoms with E-state index in [-0.39, 0.29) is 16.8 Å². The van der Waals surface area contributed by atoms with Crippen molar-refractivity contribution in [2.24, 2.45) is 0 Å². The van der Waals surface area contributed by atoms with Gasteiger partial charge in [0.15, 0.2) is 10.9 Å². The number of thiazole rings is 1. The van der Waals surface area contributed by atoms with Crippen molar-refractivity contribution in [2.75, 3.05) is 4.90 Å². The third kappa shape index (κ3) is 3.41. The Morgan fingerprint density at radius 1 is 1.10 bits per heavy atom. The van der Waals surface area contributed by atoms with Gasteiger partial charge in [-0.2, -0.15) is 0 Å². The molecule has 0 saturated heterocycles. The smallest absolute Gasteiger partial charge is 0.296 e. The molecule has 0 saturated carbocycles. The van der Waals surface area contributed by atoms with Crippen LogP contribution in [0.15, 0.2) is 64.7 Å². The number of thiophene rings is 1. The number of anilines is 1. The summed E-state index contributed by atoms with van der Waals surface area (Å²) in [7, 11) is 0. The predicted molar refractivity (Wildman–Crippen MR) is 116 cm³/mol. The van der Waals surface area contributed by atoms with Crippen molar-refractivity contribution < 1.29 is 14.7 Å². The fourth-order valence-electron chi connectivity index (χ4n) is 3.39. The molecule has 1 aliphatic heterocycles. The Bertz CT molecular complexity index is 1080. The van der Waals surface area contributed by atoms with Crippen molar-refractivity contribution in [1.82, 2.24) is 4.98 Å². The highest BCUT2D eigenvalue weighted by molar-refractivity contribution is 7.14. The molecule has 0 unspecified atom stereocenters. The number of carbonyl (C=O) groups excluding carboxylic acids is 2. The number of carbonyl (C=O) groups is 2. The van der Waals surface area contributed by atoms with E-state index in [1.165, 1.54) is 27.6 Å². The third-order valence-corrected chi connectivity index (χ3v) is 6.55. The van der Waals surface area contributed by atoms with E-state index in [9.17, 15) is 14.7 Å². The molecule has 3 heterocycles. The zero-order valence-electron chi connectivity index (χ0n) is 16.2. The van der Waals surface area contributed by atoms with Gasteiger partial charge in [0.25, 0.3) is 5.91 Å². The third-order valence-electron chi connectivity index (χ3n) is 4.92. The lowest BCUT2D eigenvalue weighted by Gasteiger charge is -2.25. The van der Waals surface area contributed by atoms with Gasteiger partial charge in [-0.3, -0.25) is 14.5 Å². The van der Waals surface area contributed by atoms with Gasteiger partial charge in [0.1, 0.15) is 0 Å². The molecular formula is C22H20N2O3S2. The number of aliphatic hydroxyl groups is 1. The number of aromatic nitrogens is 1. The average Bonchev–Trinajstić information content (AvgIpc) is 3.43. The minimum atomic E-state index is -0.725. The lowest BCUT2D eigenvalue weighted by atomic mass is 9.85. The van der Waals surface area contributed by atoms with Gasteiger partial charge < -0.3 is 5.11 Å². The molecule has 4 rings (SSSR count). The molecule has 0 bridgehead atoms. The van der Waals surface area contributed by atoms with Gasteiger partial charge in [-0.15, -0.1) is 22.7 Å². The number of rotatable bonds is 4. The van der Waals surface area contributed by atoms with Crippen LogP contribution in [0.5, 0.6) is 0 Å². The minimum Gasteiger partial charge on any atom is -0.503 e. The summed E-state index contributed by atoms with van der Waals surface area (Å²) in [5.74, 6) is -1.46. The number of benzene rings is 1. The topological polar surface area (TPSA) is 70.5 Å². The molecule has 2 aromatic heterocycles. The van der Waals surface area contributed by atoms with E-state index in [0.29, 0.717) is 10.0 Å². The molecular weight excluding hydrogens is 404 g/mol. The van der Waals surface area contributed by atoms with Crippen molar-refractivity contribution in [1.29, 1.82) is 0 Å². The summed E-state index contributed by atoms with van der Waals surface area (Å²) in [4.78, 5) is 32.3. The second-order valence-corrected chi connectivity index (χ2v) is 9.65. The van der Waals surface area contributed by atoms with Crippen LogP contribution in [0.25, 0.3) is 0 Å². The molecule has 7 heteroatoms. The van der Waals surface area contributed by atoms with Crippen molar-refractivity contribution in [3.05, 3.63) is 80.7 Å². The number of Topliss-reactive ketones (excluding diaryl/α,β-unsaturated/α-hetero) is 1. The van der Waals surface area contributed by atoms with Crippen LogP contribution in [0, 0.1) is 0 Å². The Morgan fingerprint density at radius 3 is 2.38 bits per heavy atom. The van der Waals surface area contributed by atoms with Crippen LogP contribution < -0.4 is 4.90 Å². The summed E-state index contributed by atoms with van der Waals surface area (Å²) in [5.41, 5.74) is 1.97. The molecule has 1 N–H and O–H groups in total. The molecule has 148 valence electrons. The second-order valence-electron chi connectivity index (χ2n) is 7.83. The van der Waals surface area contributed by atoms with Gasteiger partial charge >= 0.3 is 0 Å². The maximum atomic E-state index is 13.2. The quantitative estimate of drug-likeness (QED) is 0.578. The fraction of sp³-hybridized carbons (Fsp3) is 0.227. The standard InChI is InChI=1S/C22H20N2O3S2/c1-22(2,3)14-8-6-13(7-9-14)17-16(18(25)15-5-4-11-28-15)19(26)20(27)24(17)21-23-10-12-29-21/h4-12,17,26H,1-3H3/t17-/m0/s1. The van der Waals surface area contributed by atoms with Crippen molar-refractivity contribution in [3.8, 4) is 0 Å². The number of hydrogen-bond donors (Lipinski definition) is 1. The number of amides is 1. The largest absolute Gasteiger partial charge is 0.503 e. The highest BCUT2D eigenvalue weighted by Crippen LogP contribution is 2.43. The molecule has 0 radical (unpaired) electrons. The van der Waals surface area contributed by atoms with Gasteiger partial charge in [-0.05, 0) is 28.0 Å². The zero-order valence-corrected chi connectivity index (χ0v) is 17.9. The van der Waals surface area contributed by atoms with Crippen LogP contribution in [0.3, 0.4) is 0 Å². The molecule has 5 nitrogen and oxygen atoms in total. The lowest BCUT2D eigenvalue weighted by molar-refractivity contribution is -0.117. The molecule has 1 aliphatic rings. The van der Waals surface area contributed by atoms with Crippen molar-refractivity contribution in [3.63, 3.8) is 0 Å². The maximum absolute atomic E-state index is 13.2. The van der Waals surface area contributed by atoms with Gasteiger partial charge in [0, 0.05) is 11.6 Å². The molecule has 0 aliphatic carbocycles. The Hall–Kier alpha value is -2.77. The molecule has 3 aromatic rings. The Morgan fingerprint density at radius 2 is 1.83 bits per heavy atom. The molecule has 29 heavy (non-hydrogen) atoms. The normalized spacial score (nSPS) is 17.3. The first-order chi connectivity index (χ1) is 13.8. The fourth-order valence-corrected chi connectivity index (χ4v) is 4.74. The van der Waals surface area contributed by atoms with E-state index < -0.39 is 17.7 Å². The minimum absolute atomic E-state index is 0.0212. The summed E-state index contributed by atoms with van der Waals surface area (Å²) >= 11 is 2.58. The summed E-state index contributed by atoms with van der Waals surface area (Å²) < 4.78 is 0. The summed E-state index contributed by atoms with van der Waals surface area (Å²) in [6.45, 7) is 6.38. The van der Waals surface area contributed by atoms with Crippen LogP contribution in [-0.4, -0.2) is 21.8 Å². The number of aliphatic hydroxyl groups excluding tert-OH is 1. The summed E-state index contributed by atoms with van der Waals surface area (Å²) in [5, 5.41) is 14.7. The van der Waals surface area contributed by atoms with Crippen molar-refractivity contribution in [2.45, 2.75) is 32.2 Å². The van der Waals surface area contributed by atoms with E-state index in [1.807, 2.05) is 24.3 Å². The highest BCUT2D eigenvalue weighted by Gasteiger charge is 2.45. The second kappa shape index (κ2) is 7.24. The van der Waals surface area contributed by atoms with Gasteiger partial charge in [-0.25, -0.2) is 4.98 Å². The highest BCUT2D eigenvalue weighted by atomic mass is 32.1. The predicted octanol–water partition coefficient (Wildman–Crippen LogP) is 5.29. The first-order valence-corrected chi connectivity index (χ1v) is 10.9. The summed E-state index contributed by atoms with van der Waals surface area (Å²) in [6, 6.07) is 10.6. The van der Waals surface area contributed by atoms with Gasteiger partial charge in [0.2, 0.25) is 5.78 Å².